The lowest BCUT2D eigenvalue weighted by Crippen LogP contribution is -2.03. The van der Waals surface area contributed by atoms with E-state index in [1.54, 1.807) is 19.1 Å². The quantitative estimate of drug-likeness (QED) is 0.0309. The standard InChI is InChI=1S/C14H20N2O4.C14H22N2O2.C7H6FNO2.C2H2I2/c1-11-10-12(7-8-13(11)16(18)19)15-9-5-3-4-6-14(17)20-2;1-11-10-12(7-8-13(11)15)16-9-5-3-4-6-14(17)18-2;1-5-4-6(8)2-3-7(5)9(10)11;3-1-2-4/h7-8,10,15H,3-6,9H2,1-2H3;7-8,10,16H,3-6,9,15H2,1-2H3;2-4H,1H3;1-2H/b;;;2-1+. The Bertz CT molecular complexity index is 1610. The molecule has 0 aliphatic carbocycles. The summed E-state index contributed by atoms with van der Waals surface area (Å²) in [6.45, 7) is 6.90. The highest BCUT2D eigenvalue weighted by molar-refractivity contribution is 14.1. The van der Waals surface area contributed by atoms with Gasteiger partial charge in [-0.25, -0.2) is 4.39 Å². The largest absolute Gasteiger partial charge is 0.469 e. The summed E-state index contributed by atoms with van der Waals surface area (Å²) in [7, 11) is 2.81. The van der Waals surface area contributed by atoms with Crippen molar-refractivity contribution in [3.63, 3.8) is 0 Å². The Kier molecular flexibility index (Phi) is 27.1. The monoisotopic (exact) mass is 965 g/mol. The first-order chi connectivity index (χ1) is 25.2. The van der Waals surface area contributed by atoms with E-state index in [2.05, 4.69) is 65.3 Å². The summed E-state index contributed by atoms with van der Waals surface area (Å²) in [4.78, 5) is 41.8. The molecule has 3 rings (SSSR count). The maximum absolute atomic E-state index is 12.4. The number of hydrogen-bond donors (Lipinski definition) is 3. The van der Waals surface area contributed by atoms with Gasteiger partial charge in [0.15, 0.2) is 0 Å². The first-order valence-corrected chi connectivity index (χ1v) is 19.2. The van der Waals surface area contributed by atoms with Crippen LogP contribution in [0.2, 0.25) is 0 Å². The van der Waals surface area contributed by atoms with E-state index in [1.165, 1.54) is 27.2 Å². The van der Waals surface area contributed by atoms with Crippen LogP contribution >= 0.6 is 45.2 Å². The number of nitrogen functional groups attached to an aromatic ring is 1. The first-order valence-electron chi connectivity index (χ1n) is 16.7. The van der Waals surface area contributed by atoms with Crippen LogP contribution in [0.1, 0.15) is 68.1 Å². The Hall–Kier alpha value is -4.07. The molecule has 0 aliphatic rings. The average molecular weight is 966 g/mol. The fourth-order valence-electron chi connectivity index (χ4n) is 4.39. The molecule has 0 saturated carbocycles. The van der Waals surface area contributed by atoms with Crippen molar-refractivity contribution in [2.45, 2.75) is 72.1 Å². The minimum atomic E-state index is -0.533. The topological polar surface area (TPSA) is 189 Å². The van der Waals surface area contributed by atoms with Gasteiger partial charge >= 0.3 is 11.9 Å². The highest BCUT2D eigenvalue weighted by atomic mass is 127. The SMILES string of the molecule is COC(=O)CCCCCNc1ccc(N)c(C)c1.COC(=O)CCCCCNc1ccc([N+](=O)[O-])c(C)c1.Cc1cc(F)ccc1[N+](=O)[O-].I/C=C/I. The minimum absolute atomic E-state index is 0.0496. The van der Waals surface area contributed by atoms with Crippen LogP contribution in [0.5, 0.6) is 0 Å². The molecule has 0 atom stereocenters. The predicted molar refractivity (Wildman–Crippen MR) is 226 cm³/mol. The molecule has 0 saturated heterocycles. The molecule has 3 aromatic rings. The minimum Gasteiger partial charge on any atom is -0.469 e. The number of esters is 2. The predicted octanol–water partition coefficient (Wildman–Crippen LogP) is 10.1. The molecule has 0 heterocycles. The number of aryl methyl sites for hydroxylation is 3. The van der Waals surface area contributed by atoms with Gasteiger partial charge in [-0.05, 0) is 103 Å². The molecule has 0 unspecified atom stereocenters. The molecule has 0 spiro atoms. The number of methoxy groups -OCH3 is 2. The van der Waals surface area contributed by atoms with Crippen LogP contribution in [-0.2, 0) is 19.1 Å². The van der Waals surface area contributed by atoms with Crippen LogP contribution in [0.4, 0.5) is 32.8 Å². The number of unbranched alkanes of at least 4 members (excludes halogenated alkanes) is 4. The van der Waals surface area contributed by atoms with Crippen LogP contribution < -0.4 is 16.4 Å². The van der Waals surface area contributed by atoms with Gasteiger partial charge in [0.25, 0.3) is 11.4 Å². The van der Waals surface area contributed by atoms with E-state index < -0.39 is 10.7 Å². The van der Waals surface area contributed by atoms with E-state index in [0.29, 0.717) is 24.0 Å². The summed E-state index contributed by atoms with van der Waals surface area (Å²) in [6.07, 6.45) is 6.60. The number of hydrogen-bond acceptors (Lipinski definition) is 11. The molecule has 13 nitrogen and oxygen atoms in total. The third-order valence-electron chi connectivity index (χ3n) is 7.30. The maximum Gasteiger partial charge on any atom is 0.305 e. The number of rotatable bonds is 16. The van der Waals surface area contributed by atoms with Crippen molar-refractivity contribution >= 4 is 85.6 Å². The molecule has 53 heavy (non-hydrogen) atoms. The van der Waals surface area contributed by atoms with Gasteiger partial charge < -0.3 is 25.8 Å². The fourth-order valence-corrected chi connectivity index (χ4v) is 4.39. The normalized spacial score (nSPS) is 9.96. The highest BCUT2D eigenvalue weighted by Gasteiger charge is 2.10. The summed E-state index contributed by atoms with van der Waals surface area (Å²) in [5, 5.41) is 27.5. The second-order valence-electron chi connectivity index (χ2n) is 11.4. The van der Waals surface area contributed by atoms with Crippen molar-refractivity contribution in [1.29, 1.82) is 0 Å². The van der Waals surface area contributed by atoms with Gasteiger partial charge in [-0.1, -0.05) is 58.0 Å². The van der Waals surface area contributed by atoms with E-state index in [9.17, 15) is 34.2 Å². The summed E-state index contributed by atoms with van der Waals surface area (Å²) in [5.41, 5.74) is 10.7. The van der Waals surface area contributed by atoms with E-state index in [0.717, 1.165) is 92.4 Å². The molecule has 0 amide bonds. The number of carbonyl (C=O) groups is 2. The van der Waals surface area contributed by atoms with Gasteiger partial charge in [-0.2, -0.15) is 0 Å². The maximum atomic E-state index is 12.4. The molecular weight excluding hydrogens is 915 g/mol. The smallest absolute Gasteiger partial charge is 0.305 e. The van der Waals surface area contributed by atoms with E-state index in [-0.39, 0.29) is 28.2 Å². The van der Waals surface area contributed by atoms with E-state index >= 15 is 0 Å². The average Bonchev–Trinajstić information content (AvgIpc) is 3.12. The zero-order valence-electron chi connectivity index (χ0n) is 30.8. The number of anilines is 3. The number of nitro benzene ring substituents is 2. The third kappa shape index (κ3) is 23.3. The number of nitrogens with one attached hydrogen (secondary N) is 2. The number of nitrogens with zero attached hydrogens (tertiary/aromatic N) is 2. The van der Waals surface area contributed by atoms with Crippen LogP contribution in [-0.4, -0.2) is 49.1 Å². The number of ether oxygens (including phenoxy) is 2. The molecule has 4 N–H and O–H groups in total. The summed E-state index contributed by atoms with van der Waals surface area (Å²) in [5.74, 6) is -0.755. The van der Waals surface area contributed by atoms with Crippen molar-refractivity contribution in [3.05, 3.63) is 105 Å². The van der Waals surface area contributed by atoms with Crippen LogP contribution in [0.3, 0.4) is 0 Å². The molecule has 0 bridgehead atoms. The molecule has 0 fully saturated rings. The Morgan fingerprint density at radius 3 is 1.49 bits per heavy atom. The third-order valence-corrected chi connectivity index (χ3v) is 9.39. The zero-order valence-corrected chi connectivity index (χ0v) is 35.1. The van der Waals surface area contributed by atoms with Crippen molar-refractivity contribution in [3.8, 4) is 0 Å². The number of benzene rings is 3. The van der Waals surface area contributed by atoms with Crippen LogP contribution in [0.15, 0.2) is 62.8 Å². The van der Waals surface area contributed by atoms with Crippen LogP contribution in [0, 0.1) is 46.8 Å². The Morgan fingerprint density at radius 2 is 1.11 bits per heavy atom. The lowest BCUT2D eigenvalue weighted by molar-refractivity contribution is -0.385. The highest BCUT2D eigenvalue weighted by Crippen LogP contribution is 2.22. The summed E-state index contributed by atoms with van der Waals surface area (Å²) < 4.78 is 25.4. The Labute approximate surface area is 338 Å². The second kappa shape index (κ2) is 29.4. The van der Waals surface area contributed by atoms with Crippen molar-refractivity contribution < 1.29 is 33.3 Å². The zero-order chi connectivity index (χ0) is 40.2. The lowest BCUT2D eigenvalue weighted by atomic mass is 10.1. The fraction of sp³-hybridized carbons (Fsp3) is 0.405. The Balaban J connectivity index is 0.000000751. The van der Waals surface area contributed by atoms with Crippen molar-refractivity contribution in [2.24, 2.45) is 0 Å². The van der Waals surface area contributed by atoms with Crippen LogP contribution in [0.25, 0.3) is 0 Å². The van der Waals surface area contributed by atoms with Crippen molar-refractivity contribution in [2.75, 3.05) is 43.7 Å². The molecule has 0 aliphatic heterocycles. The number of nitro groups is 2. The van der Waals surface area contributed by atoms with Gasteiger partial charge in [0.05, 0.1) is 24.1 Å². The number of nitrogens with two attached hydrogens (primary N) is 1. The number of carbonyl (C=O) groups excluding carboxylic acids is 2. The van der Waals surface area contributed by atoms with Gasteiger partial charge in [0, 0.05) is 66.3 Å². The number of halogens is 3. The van der Waals surface area contributed by atoms with E-state index in [1.807, 2.05) is 33.3 Å². The second-order valence-corrected chi connectivity index (χ2v) is 12.8. The van der Waals surface area contributed by atoms with Gasteiger partial charge in [-0.15, -0.1) is 0 Å². The molecule has 16 heteroatoms. The summed E-state index contributed by atoms with van der Waals surface area (Å²) in [6, 6.07) is 14.3. The van der Waals surface area contributed by atoms with Gasteiger partial charge in [0.2, 0.25) is 0 Å². The van der Waals surface area contributed by atoms with Crippen molar-refractivity contribution in [1.82, 2.24) is 0 Å². The molecular formula is C37H50FI2N5O8. The molecule has 0 aromatic heterocycles. The van der Waals surface area contributed by atoms with Gasteiger partial charge in [-0.3, -0.25) is 29.8 Å². The van der Waals surface area contributed by atoms with Gasteiger partial charge in [0.1, 0.15) is 5.82 Å². The Morgan fingerprint density at radius 1 is 0.698 bits per heavy atom. The first kappa shape index (κ1) is 48.9. The molecule has 0 radical (unpaired) electrons. The molecule has 3 aromatic carbocycles. The molecule has 292 valence electrons. The lowest BCUT2D eigenvalue weighted by Gasteiger charge is -2.08. The summed E-state index contributed by atoms with van der Waals surface area (Å²) >= 11 is 4.33. The van der Waals surface area contributed by atoms with E-state index in [4.69, 9.17) is 5.73 Å².